The van der Waals surface area contributed by atoms with Gasteiger partial charge in [-0.2, -0.15) is 0 Å². The van der Waals surface area contributed by atoms with Gasteiger partial charge in [-0.3, -0.25) is 5.43 Å². The fourth-order valence-corrected chi connectivity index (χ4v) is 4.87. The van der Waals surface area contributed by atoms with Crippen molar-refractivity contribution in [2.24, 2.45) is 5.41 Å². The molecule has 1 spiro atoms. The van der Waals surface area contributed by atoms with Crippen LogP contribution >= 0.6 is 0 Å². The summed E-state index contributed by atoms with van der Waals surface area (Å²) in [6.45, 7) is 4.79. The molecule has 0 aromatic heterocycles. The highest BCUT2D eigenvalue weighted by Gasteiger charge is 2.38. The van der Waals surface area contributed by atoms with Crippen LogP contribution in [0.15, 0.2) is 0 Å². The summed E-state index contributed by atoms with van der Waals surface area (Å²) in [5.74, 6) is 0. The van der Waals surface area contributed by atoms with E-state index < -0.39 is 0 Å². The van der Waals surface area contributed by atoms with Gasteiger partial charge in [0.15, 0.2) is 0 Å². The van der Waals surface area contributed by atoms with Gasteiger partial charge in [-0.05, 0) is 70.6 Å². The van der Waals surface area contributed by atoms with Crippen molar-refractivity contribution in [3.05, 3.63) is 0 Å². The quantitative estimate of drug-likeness (QED) is 0.802. The van der Waals surface area contributed by atoms with Crippen molar-refractivity contribution in [2.45, 2.75) is 103 Å². The average Bonchev–Trinajstić information content (AvgIpc) is 2.85. The molecule has 1 aliphatic heterocycles. The Labute approximate surface area is 119 Å². The fourth-order valence-electron chi connectivity index (χ4n) is 4.87. The van der Waals surface area contributed by atoms with Gasteiger partial charge in [-0.1, -0.05) is 19.3 Å². The van der Waals surface area contributed by atoms with E-state index in [4.69, 9.17) is 0 Å². The van der Waals surface area contributed by atoms with Crippen LogP contribution in [-0.2, 0) is 0 Å². The monoisotopic (exact) mass is 264 g/mol. The Morgan fingerprint density at radius 3 is 1.95 bits per heavy atom. The van der Waals surface area contributed by atoms with Gasteiger partial charge in [0.1, 0.15) is 0 Å². The molecule has 0 bridgehead atoms. The van der Waals surface area contributed by atoms with Crippen LogP contribution in [0, 0.1) is 5.41 Å². The molecule has 2 saturated carbocycles. The number of nitrogens with one attached hydrogen (secondary N) is 1. The summed E-state index contributed by atoms with van der Waals surface area (Å²) in [7, 11) is 0. The molecule has 110 valence electrons. The van der Waals surface area contributed by atoms with E-state index in [0.29, 0.717) is 0 Å². The number of piperidine rings is 1. The second-order valence-corrected chi connectivity index (χ2v) is 7.65. The molecule has 1 N–H and O–H groups in total. The summed E-state index contributed by atoms with van der Waals surface area (Å²) in [5, 5.41) is 2.58. The number of nitrogens with zero attached hydrogens (tertiary/aromatic N) is 1. The maximum atomic E-state index is 3.90. The molecular weight excluding hydrogens is 232 g/mol. The lowest BCUT2D eigenvalue weighted by atomic mass is 9.71. The van der Waals surface area contributed by atoms with E-state index in [0.717, 1.165) is 23.5 Å². The standard InChI is InChI=1S/C17H32N2/c1-14-6-5-7-15(2)19(14)18-16-8-12-17(13-9-16)10-3-4-11-17/h14-16,18H,3-13H2,1-2H3. The molecule has 3 aliphatic rings. The van der Waals surface area contributed by atoms with E-state index in [1.54, 1.807) is 0 Å². The maximum absolute atomic E-state index is 3.90. The molecule has 1 saturated heterocycles. The van der Waals surface area contributed by atoms with Crippen LogP contribution < -0.4 is 5.43 Å². The van der Waals surface area contributed by atoms with Crippen molar-refractivity contribution in [3.63, 3.8) is 0 Å². The first-order valence-electron chi connectivity index (χ1n) is 8.73. The lowest BCUT2D eigenvalue weighted by molar-refractivity contribution is 0.0126. The Kier molecular flexibility index (Phi) is 4.19. The van der Waals surface area contributed by atoms with Crippen molar-refractivity contribution in [3.8, 4) is 0 Å². The number of hydrazine groups is 1. The van der Waals surface area contributed by atoms with Crippen LogP contribution in [0.3, 0.4) is 0 Å². The number of hydrogen-bond acceptors (Lipinski definition) is 2. The molecule has 2 unspecified atom stereocenters. The highest BCUT2D eigenvalue weighted by atomic mass is 15.5. The van der Waals surface area contributed by atoms with E-state index in [-0.39, 0.29) is 0 Å². The highest BCUT2D eigenvalue weighted by molar-refractivity contribution is 4.91. The molecule has 0 amide bonds. The normalized spacial score (nSPS) is 36.9. The molecule has 19 heavy (non-hydrogen) atoms. The largest absolute Gasteiger partial charge is 0.252 e. The number of hydrogen-bond donors (Lipinski definition) is 1. The van der Waals surface area contributed by atoms with Crippen LogP contribution in [0.4, 0.5) is 0 Å². The van der Waals surface area contributed by atoms with Gasteiger partial charge in [0.2, 0.25) is 0 Å². The summed E-state index contributed by atoms with van der Waals surface area (Å²) < 4.78 is 0. The van der Waals surface area contributed by atoms with Gasteiger partial charge < -0.3 is 0 Å². The maximum Gasteiger partial charge on any atom is 0.0218 e. The van der Waals surface area contributed by atoms with Crippen molar-refractivity contribution < 1.29 is 0 Å². The zero-order valence-corrected chi connectivity index (χ0v) is 13.0. The second kappa shape index (κ2) is 5.73. The van der Waals surface area contributed by atoms with Crippen LogP contribution in [0.2, 0.25) is 0 Å². The molecular formula is C17H32N2. The third-order valence-electron chi connectivity index (χ3n) is 6.24. The highest BCUT2D eigenvalue weighted by Crippen LogP contribution is 2.48. The molecule has 3 rings (SSSR count). The van der Waals surface area contributed by atoms with E-state index >= 15 is 0 Å². The van der Waals surface area contributed by atoms with E-state index in [9.17, 15) is 0 Å². The molecule has 2 atom stereocenters. The van der Waals surface area contributed by atoms with Crippen molar-refractivity contribution in [1.82, 2.24) is 10.4 Å². The third kappa shape index (κ3) is 3.00. The van der Waals surface area contributed by atoms with Crippen LogP contribution in [0.5, 0.6) is 0 Å². The van der Waals surface area contributed by atoms with Crippen molar-refractivity contribution in [2.75, 3.05) is 0 Å². The molecule has 2 heteroatoms. The zero-order valence-electron chi connectivity index (χ0n) is 13.0. The van der Waals surface area contributed by atoms with Gasteiger partial charge in [0.05, 0.1) is 0 Å². The van der Waals surface area contributed by atoms with Crippen molar-refractivity contribution in [1.29, 1.82) is 0 Å². The lowest BCUT2D eigenvalue weighted by Gasteiger charge is -2.44. The Hall–Kier alpha value is -0.0800. The molecule has 0 aromatic carbocycles. The molecule has 3 fully saturated rings. The average molecular weight is 264 g/mol. The SMILES string of the molecule is CC1CCCC(C)N1NC1CCC2(CCCC2)CC1. The minimum atomic E-state index is 0.728. The van der Waals surface area contributed by atoms with Crippen LogP contribution in [0.25, 0.3) is 0 Å². The van der Waals surface area contributed by atoms with E-state index in [1.165, 1.54) is 70.6 Å². The first kappa shape index (κ1) is 13.9. The first-order valence-corrected chi connectivity index (χ1v) is 8.73. The van der Waals surface area contributed by atoms with Gasteiger partial charge in [-0.15, -0.1) is 0 Å². The van der Waals surface area contributed by atoms with E-state index in [1.807, 2.05) is 0 Å². The van der Waals surface area contributed by atoms with Gasteiger partial charge in [0.25, 0.3) is 0 Å². The minimum absolute atomic E-state index is 0.728. The first-order chi connectivity index (χ1) is 9.19. The van der Waals surface area contributed by atoms with Gasteiger partial charge >= 0.3 is 0 Å². The molecule has 2 nitrogen and oxygen atoms in total. The molecule has 0 radical (unpaired) electrons. The van der Waals surface area contributed by atoms with Gasteiger partial charge in [-0.25, -0.2) is 5.01 Å². The second-order valence-electron chi connectivity index (χ2n) is 7.65. The zero-order chi connectivity index (χ0) is 13.3. The lowest BCUT2D eigenvalue weighted by Crippen LogP contribution is -2.56. The Bertz CT molecular complexity index is 276. The minimum Gasteiger partial charge on any atom is -0.252 e. The molecule has 2 aliphatic carbocycles. The van der Waals surface area contributed by atoms with Gasteiger partial charge in [0, 0.05) is 18.1 Å². The summed E-state index contributed by atoms with van der Waals surface area (Å²) >= 11 is 0. The van der Waals surface area contributed by atoms with Crippen molar-refractivity contribution >= 4 is 0 Å². The summed E-state index contributed by atoms with van der Waals surface area (Å²) in [4.78, 5) is 0. The van der Waals surface area contributed by atoms with E-state index in [2.05, 4.69) is 24.3 Å². The number of rotatable bonds is 2. The topological polar surface area (TPSA) is 15.3 Å². The Morgan fingerprint density at radius 1 is 0.789 bits per heavy atom. The smallest absolute Gasteiger partial charge is 0.0218 e. The Balaban J connectivity index is 1.51. The summed E-state index contributed by atoms with van der Waals surface area (Å²) in [6.07, 6.45) is 16.0. The fraction of sp³-hybridized carbons (Fsp3) is 1.00. The Morgan fingerprint density at radius 2 is 1.37 bits per heavy atom. The predicted octanol–water partition coefficient (Wildman–Crippen LogP) is 4.26. The van der Waals surface area contributed by atoms with Crippen LogP contribution in [-0.4, -0.2) is 23.1 Å². The predicted molar refractivity (Wildman–Crippen MR) is 80.9 cm³/mol. The molecule has 1 heterocycles. The summed E-state index contributed by atoms with van der Waals surface area (Å²) in [6, 6.07) is 2.21. The molecule has 0 aromatic rings. The summed E-state index contributed by atoms with van der Waals surface area (Å²) in [5.41, 5.74) is 4.67. The third-order valence-corrected chi connectivity index (χ3v) is 6.24. The van der Waals surface area contributed by atoms with Crippen LogP contribution in [0.1, 0.15) is 84.5 Å².